The first-order valence-electron chi connectivity index (χ1n) is 4.39. The largest absolute Gasteiger partial charge is 0.394 e. The van der Waals surface area contributed by atoms with Crippen LogP contribution in [0.3, 0.4) is 0 Å². The summed E-state index contributed by atoms with van der Waals surface area (Å²) in [5.41, 5.74) is 2.35. The highest BCUT2D eigenvalue weighted by atomic mass is 32.3. The van der Waals surface area contributed by atoms with Crippen molar-refractivity contribution in [2.24, 2.45) is 0 Å². The van der Waals surface area contributed by atoms with Gasteiger partial charge in [-0.15, -0.1) is 0 Å². The lowest BCUT2D eigenvalue weighted by Gasteiger charge is -1.68. The fourth-order valence-corrected chi connectivity index (χ4v) is 0.631. The monoisotopic (exact) mass is 262 g/mol. The van der Waals surface area contributed by atoms with Crippen LogP contribution in [0.2, 0.25) is 0 Å². The van der Waals surface area contributed by atoms with Crippen LogP contribution in [-0.2, 0) is 10.4 Å². The van der Waals surface area contributed by atoms with Gasteiger partial charge in [-0.05, 0) is 25.0 Å². The number of aromatic amines is 2. The lowest BCUT2D eigenvalue weighted by Crippen LogP contribution is -1.89. The quantitative estimate of drug-likeness (QED) is 0.519. The molecule has 0 radical (unpaired) electrons. The molecule has 2 aromatic rings. The van der Waals surface area contributed by atoms with Gasteiger partial charge in [0.05, 0.1) is 12.4 Å². The third-order valence-corrected chi connectivity index (χ3v) is 1.27. The molecule has 0 unspecified atom stereocenters. The molecule has 8 nitrogen and oxygen atoms in total. The van der Waals surface area contributed by atoms with E-state index < -0.39 is 10.4 Å². The van der Waals surface area contributed by atoms with Gasteiger partial charge in [-0.2, -0.15) is 18.6 Å². The zero-order valence-corrected chi connectivity index (χ0v) is 10.1. The van der Waals surface area contributed by atoms with Crippen molar-refractivity contribution < 1.29 is 17.5 Å². The number of hydrogen-bond donors (Lipinski definition) is 4. The minimum absolute atomic E-state index is 1.18. The molecule has 17 heavy (non-hydrogen) atoms. The molecule has 0 aromatic carbocycles. The molecule has 0 amide bonds. The van der Waals surface area contributed by atoms with E-state index in [9.17, 15) is 0 Å². The van der Waals surface area contributed by atoms with Gasteiger partial charge in [0, 0.05) is 12.4 Å². The molecule has 0 aliphatic heterocycles. The smallest absolute Gasteiger partial charge is 0.285 e. The third-order valence-electron chi connectivity index (χ3n) is 1.27. The Morgan fingerprint density at radius 2 is 1.29 bits per heavy atom. The first-order valence-corrected chi connectivity index (χ1v) is 5.79. The molecule has 2 rings (SSSR count). The van der Waals surface area contributed by atoms with Gasteiger partial charge in [-0.1, -0.05) is 0 Å². The molecule has 4 N–H and O–H groups in total. The van der Waals surface area contributed by atoms with E-state index in [1.807, 2.05) is 26.2 Å². The van der Waals surface area contributed by atoms with E-state index in [-0.39, 0.29) is 0 Å². The van der Waals surface area contributed by atoms with Gasteiger partial charge in [0.2, 0.25) is 0 Å². The maximum Gasteiger partial charge on any atom is 0.394 e. The van der Waals surface area contributed by atoms with E-state index in [1.165, 1.54) is 11.1 Å². The van der Waals surface area contributed by atoms with Crippen molar-refractivity contribution in [3.8, 4) is 0 Å². The number of H-pyrrole nitrogens is 2. The Labute approximate surface area is 98.7 Å². The molecule has 0 saturated heterocycles. The predicted molar refractivity (Wildman–Crippen MR) is 60.8 cm³/mol. The Bertz CT molecular complexity index is 437. The number of rotatable bonds is 0. The molecule has 2 aromatic heterocycles. The molecular formula is C8H14N4O4S. The molecular weight excluding hydrogens is 248 g/mol. The van der Waals surface area contributed by atoms with Crippen molar-refractivity contribution in [1.82, 2.24) is 20.4 Å². The third kappa shape index (κ3) is 14.3. The highest BCUT2D eigenvalue weighted by Gasteiger charge is 1.84. The molecule has 0 atom stereocenters. The minimum Gasteiger partial charge on any atom is -0.285 e. The van der Waals surface area contributed by atoms with E-state index >= 15 is 0 Å². The Morgan fingerprint density at radius 1 is 1.00 bits per heavy atom. The summed E-state index contributed by atoms with van der Waals surface area (Å²) < 4.78 is 31.6. The zero-order valence-electron chi connectivity index (χ0n) is 9.32. The number of nitrogens with one attached hydrogen (secondary N) is 2. The van der Waals surface area contributed by atoms with Crippen molar-refractivity contribution in [3.63, 3.8) is 0 Å². The van der Waals surface area contributed by atoms with Crippen LogP contribution < -0.4 is 0 Å². The second-order valence-corrected chi connectivity index (χ2v) is 3.89. The molecule has 0 fully saturated rings. The molecule has 0 bridgehead atoms. The van der Waals surface area contributed by atoms with Crippen LogP contribution in [0.4, 0.5) is 0 Å². The average molecular weight is 262 g/mol. The lowest BCUT2D eigenvalue weighted by molar-refractivity contribution is 0.381. The van der Waals surface area contributed by atoms with Gasteiger partial charge in [-0.25, -0.2) is 0 Å². The van der Waals surface area contributed by atoms with Gasteiger partial charge in [0.15, 0.2) is 0 Å². The van der Waals surface area contributed by atoms with E-state index in [0.717, 1.165) is 0 Å². The SMILES string of the molecule is Cc1cn[nH]c1.Cc1cn[nH]c1.O=S(=O)(O)O. The second kappa shape index (κ2) is 7.54. The standard InChI is InChI=1S/2C4H6N2.H2O4S/c2*1-4-2-5-6-3-4;1-5(2,3)4/h2*2-3H,1H3,(H,5,6);(H2,1,2,3,4). The summed E-state index contributed by atoms with van der Waals surface area (Å²) in [6, 6.07) is 0. The second-order valence-electron chi connectivity index (χ2n) is 3.00. The number of aromatic nitrogens is 4. The first-order chi connectivity index (χ1) is 7.79. The van der Waals surface area contributed by atoms with Gasteiger partial charge < -0.3 is 0 Å². The lowest BCUT2D eigenvalue weighted by atomic mass is 10.4. The molecule has 0 saturated carbocycles. The average Bonchev–Trinajstić information content (AvgIpc) is 2.76. The first kappa shape index (κ1) is 15.3. The zero-order chi connectivity index (χ0) is 13.3. The Balaban J connectivity index is 0.000000228. The van der Waals surface area contributed by atoms with Crippen LogP contribution in [0.15, 0.2) is 24.8 Å². The van der Waals surface area contributed by atoms with E-state index in [1.54, 1.807) is 12.4 Å². The summed E-state index contributed by atoms with van der Waals surface area (Å²) in [5.74, 6) is 0. The maximum atomic E-state index is 8.74. The minimum atomic E-state index is -4.67. The molecule has 0 spiro atoms. The highest BCUT2D eigenvalue weighted by molar-refractivity contribution is 7.79. The molecule has 0 aliphatic rings. The van der Waals surface area contributed by atoms with Crippen molar-refractivity contribution in [2.75, 3.05) is 0 Å². The summed E-state index contributed by atoms with van der Waals surface area (Å²) in [6.07, 6.45) is 7.25. The van der Waals surface area contributed by atoms with Gasteiger partial charge in [0.25, 0.3) is 0 Å². The van der Waals surface area contributed by atoms with Crippen LogP contribution in [0.5, 0.6) is 0 Å². The van der Waals surface area contributed by atoms with Crippen molar-refractivity contribution in [3.05, 3.63) is 35.9 Å². The predicted octanol–water partition coefficient (Wildman–Crippen LogP) is 0.783. The van der Waals surface area contributed by atoms with E-state index in [2.05, 4.69) is 20.4 Å². The summed E-state index contributed by atoms with van der Waals surface area (Å²) in [4.78, 5) is 0. The molecule has 0 aliphatic carbocycles. The van der Waals surface area contributed by atoms with Crippen molar-refractivity contribution >= 4 is 10.4 Å². The summed E-state index contributed by atoms with van der Waals surface area (Å²) in [6.45, 7) is 3.98. The maximum absolute atomic E-state index is 8.74. The molecule has 2 heterocycles. The summed E-state index contributed by atoms with van der Waals surface area (Å²) in [7, 11) is -4.67. The molecule has 96 valence electrons. The van der Waals surface area contributed by atoms with E-state index in [0.29, 0.717) is 0 Å². The van der Waals surface area contributed by atoms with E-state index in [4.69, 9.17) is 17.5 Å². The number of hydrogen-bond acceptors (Lipinski definition) is 4. The Kier molecular flexibility index (Phi) is 6.79. The van der Waals surface area contributed by atoms with Gasteiger partial charge >= 0.3 is 10.4 Å². The van der Waals surface area contributed by atoms with Crippen LogP contribution >= 0.6 is 0 Å². The van der Waals surface area contributed by atoms with Gasteiger partial charge in [-0.3, -0.25) is 19.3 Å². The normalized spacial score (nSPS) is 9.65. The highest BCUT2D eigenvalue weighted by Crippen LogP contribution is 1.84. The summed E-state index contributed by atoms with van der Waals surface area (Å²) in [5, 5.41) is 12.8. The fourth-order valence-electron chi connectivity index (χ4n) is 0.631. The number of aryl methyl sites for hydroxylation is 2. The Hall–Kier alpha value is -1.71. The van der Waals surface area contributed by atoms with Crippen LogP contribution in [0.1, 0.15) is 11.1 Å². The Morgan fingerprint density at radius 3 is 1.35 bits per heavy atom. The van der Waals surface area contributed by atoms with Crippen molar-refractivity contribution in [2.45, 2.75) is 13.8 Å². The summed E-state index contributed by atoms with van der Waals surface area (Å²) >= 11 is 0. The van der Waals surface area contributed by atoms with Crippen molar-refractivity contribution in [1.29, 1.82) is 0 Å². The number of nitrogens with zero attached hydrogens (tertiary/aromatic N) is 2. The van der Waals surface area contributed by atoms with Gasteiger partial charge in [0.1, 0.15) is 0 Å². The topological polar surface area (TPSA) is 132 Å². The van der Waals surface area contributed by atoms with Crippen LogP contribution in [-0.4, -0.2) is 37.9 Å². The van der Waals surface area contributed by atoms with Crippen LogP contribution in [0.25, 0.3) is 0 Å². The fraction of sp³-hybridized carbons (Fsp3) is 0.250. The van der Waals surface area contributed by atoms with Crippen LogP contribution in [0, 0.1) is 13.8 Å². The molecule has 9 heteroatoms.